The quantitative estimate of drug-likeness (QED) is 0.816. The minimum Gasteiger partial charge on any atom is -0.330 e. The second kappa shape index (κ2) is 5.68. The lowest BCUT2D eigenvalue weighted by Crippen LogP contribution is -2.24. The number of benzene rings is 1. The highest BCUT2D eigenvalue weighted by molar-refractivity contribution is 5.31. The summed E-state index contributed by atoms with van der Waals surface area (Å²) in [6.07, 6.45) is 2.29. The summed E-state index contributed by atoms with van der Waals surface area (Å²) in [7, 11) is 0. The van der Waals surface area contributed by atoms with Crippen molar-refractivity contribution in [2.24, 2.45) is 11.1 Å². The molecule has 0 atom stereocenters. The van der Waals surface area contributed by atoms with E-state index in [1.165, 1.54) is 16.7 Å². The Morgan fingerprint density at radius 2 is 1.82 bits per heavy atom. The molecule has 0 amide bonds. The van der Waals surface area contributed by atoms with Crippen LogP contribution in [-0.2, 0) is 6.42 Å². The summed E-state index contributed by atoms with van der Waals surface area (Å²) in [5.74, 6) is 0.608. The SMILES string of the molecule is Cc1cc(CCC(C)(C)CN)cc(C(C)C)c1. The fraction of sp³-hybridized carbons (Fsp3) is 0.625. The van der Waals surface area contributed by atoms with Crippen molar-refractivity contribution in [3.63, 3.8) is 0 Å². The molecule has 96 valence electrons. The zero-order valence-corrected chi connectivity index (χ0v) is 12.0. The zero-order valence-electron chi connectivity index (χ0n) is 12.0. The monoisotopic (exact) mass is 233 g/mol. The molecule has 0 aromatic heterocycles. The topological polar surface area (TPSA) is 26.0 Å². The molecule has 0 radical (unpaired) electrons. The smallest absolute Gasteiger partial charge is 0.00257 e. The highest BCUT2D eigenvalue weighted by atomic mass is 14.6. The summed E-state index contributed by atoms with van der Waals surface area (Å²) < 4.78 is 0. The van der Waals surface area contributed by atoms with Gasteiger partial charge in [0.15, 0.2) is 0 Å². The van der Waals surface area contributed by atoms with Crippen molar-refractivity contribution in [2.75, 3.05) is 6.54 Å². The van der Waals surface area contributed by atoms with Gasteiger partial charge in [0.1, 0.15) is 0 Å². The number of aryl methyl sites for hydroxylation is 2. The molecule has 1 nitrogen and oxygen atoms in total. The summed E-state index contributed by atoms with van der Waals surface area (Å²) in [5.41, 5.74) is 10.3. The lowest BCUT2D eigenvalue weighted by Gasteiger charge is -2.22. The molecule has 17 heavy (non-hydrogen) atoms. The van der Waals surface area contributed by atoms with E-state index in [4.69, 9.17) is 5.73 Å². The largest absolute Gasteiger partial charge is 0.330 e. The van der Waals surface area contributed by atoms with Gasteiger partial charge in [0.05, 0.1) is 0 Å². The number of nitrogens with two attached hydrogens (primary N) is 1. The average Bonchev–Trinajstić information content (AvgIpc) is 2.26. The molecule has 1 heteroatoms. The highest BCUT2D eigenvalue weighted by Gasteiger charge is 2.15. The van der Waals surface area contributed by atoms with E-state index in [1.54, 1.807) is 0 Å². The van der Waals surface area contributed by atoms with Crippen molar-refractivity contribution in [1.29, 1.82) is 0 Å². The maximum atomic E-state index is 5.78. The Morgan fingerprint density at radius 3 is 2.35 bits per heavy atom. The van der Waals surface area contributed by atoms with E-state index in [-0.39, 0.29) is 5.41 Å². The Bertz CT molecular complexity index is 364. The molecule has 0 spiro atoms. The predicted molar refractivity (Wildman–Crippen MR) is 76.4 cm³/mol. The van der Waals surface area contributed by atoms with Crippen molar-refractivity contribution >= 4 is 0 Å². The van der Waals surface area contributed by atoms with Gasteiger partial charge >= 0.3 is 0 Å². The summed E-state index contributed by atoms with van der Waals surface area (Å²) in [6.45, 7) is 11.9. The first-order chi connectivity index (χ1) is 7.84. The fourth-order valence-electron chi connectivity index (χ4n) is 1.96. The third-order valence-electron chi connectivity index (χ3n) is 3.47. The van der Waals surface area contributed by atoms with Crippen LogP contribution >= 0.6 is 0 Å². The van der Waals surface area contributed by atoms with E-state index in [0.717, 1.165) is 19.4 Å². The van der Waals surface area contributed by atoms with E-state index in [2.05, 4.69) is 52.8 Å². The van der Waals surface area contributed by atoms with Gasteiger partial charge in [-0.05, 0) is 48.8 Å². The van der Waals surface area contributed by atoms with E-state index in [0.29, 0.717) is 5.92 Å². The van der Waals surface area contributed by atoms with Crippen molar-refractivity contribution in [2.45, 2.75) is 53.4 Å². The number of rotatable bonds is 5. The third-order valence-corrected chi connectivity index (χ3v) is 3.47. The van der Waals surface area contributed by atoms with Crippen LogP contribution in [0.1, 0.15) is 56.7 Å². The molecular formula is C16H27N. The summed E-state index contributed by atoms with van der Waals surface area (Å²) >= 11 is 0. The van der Waals surface area contributed by atoms with Crippen molar-refractivity contribution < 1.29 is 0 Å². The first-order valence-corrected chi connectivity index (χ1v) is 6.64. The molecule has 0 heterocycles. The standard InChI is InChI=1S/C16H27N/c1-12(2)15-9-13(3)8-14(10-15)6-7-16(4,5)11-17/h8-10,12H,6-7,11,17H2,1-5H3. The molecule has 0 fully saturated rings. The third kappa shape index (κ3) is 4.51. The van der Waals surface area contributed by atoms with E-state index in [1.807, 2.05) is 0 Å². The second-order valence-electron chi connectivity index (χ2n) is 6.27. The fourth-order valence-corrected chi connectivity index (χ4v) is 1.96. The van der Waals surface area contributed by atoms with Crippen LogP contribution in [0.2, 0.25) is 0 Å². The highest BCUT2D eigenvalue weighted by Crippen LogP contribution is 2.24. The summed E-state index contributed by atoms with van der Waals surface area (Å²) in [4.78, 5) is 0. The molecule has 0 aliphatic heterocycles. The number of hydrogen-bond donors (Lipinski definition) is 1. The van der Waals surface area contributed by atoms with Crippen LogP contribution in [-0.4, -0.2) is 6.54 Å². The van der Waals surface area contributed by atoms with Crippen LogP contribution < -0.4 is 5.73 Å². The van der Waals surface area contributed by atoms with Gasteiger partial charge < -0.3 is 5.73 Å². The summed E-state index contributed by atoms with van der Waals surface area (Å²) in [5, 5.41) is 0. The second-order valence-corrected chi connectivity index (χ2v) is 6.27. The number of hydrogen-bond acceptors (Lipinski definition) is 1. The van der Waals surface area contributed by atoms with Gasteiger partial charge in [0.2, 0.25) is 0 Å². The van der Waals surface area contributed by atoms with Crippen LogP contribution in [0.3, 0.4) is 0 Å². The molecule has 0 saturated carbocycles. The first kappa shape index (κ1) is 14.2. The molecule has 1 aromatic carbocycles. The average molecular weight is 233 g/mol. The lowest BCUT2D eigenvalue weighted by molar-refractivity contribution is 0.348. The maximum absolute atomic E-state index is 5.78. The molecule has 0 aliphatic rings. The van der Waals surface area contributed by atoms with Gasteiger partial charge in [-0.1, -0.05) is 51.5 Å². The molecule has 1 rings (SSSR count). The van der Waals surface area contributed by atoms with Crippen molar-refractivity contribution in [3.05, 3.63) is 34.9 Å². The predicted octanol–water partition coefficient (Wildman–Crippen LogP) is 4.04. The Kier molecular flexibility index (Phi) is 4.76. The molecular weight excluding hydrogens is 206 g/mol. The minimum absolute atomic E-state index is 0.252. The van der Waals surface area contributed by atoms with Gasteiger partial charge in [-0.15, -0.1) is 0 Å². The van der Waals surface area contributed by atoms with Crippen LogP contribution in [0.15, 0.2) is 18.2 Å². The summed E-state index contributed by atoms with van der Waals surface area (Å²) in [6, 6.07) is 6.95. The minimum atomic E-state index is 0.252. The normalized spacial score (nSPS) is 12.2. The van der Waals surface area contributed by atoms with Gasteiger partial charge in [0.25, 0.3) is 0 Å². The van der Waals surface area contributed by atoms with E-state index in [9.17, 15) is 0 Å². The molecule has 0 aliphatic carbocycles. The molecule has 1 aromatic rings. The van der Waals surface area contributed by atoms with Crippen LogP contribution in [0.5, 0.6) is 0 Å². The van der Waals surface area contributed by atoms with Gasteiger partial charge in [-0.3, -0.25) is 0 Å². The Balaban J connectivity index is 2.78. The van der Waals surface area contributed by atoms with Gasteiger partial charge in [0, 0.05) is 0 Å². The molecule has 2 N–H and O–H groups in total. The Hall–Kier alpha value is -0.820. The molecule has 0 unspecified atom stereocenters. The molecule has 0 saturated heterocycles. The van der Waals surface area contributed by atoms with Crippen LogP contribution in [0, 0.1) is 12.3 Å². The zero-order chi connectivity index (χ0) is 13.1. The van der Waals surface area contributed by atoms with Crippen molar-refractivity contribution in [1.82, 2.24) is 0 Å². The Morgan fingerprint density at radius 1 is 1.18 bits per heavy atom. The van der Waals surface area contributed by atoms with Gasteiger partial charge in [-0.25, -0.2) is 0 Å². The van der Waals surface area contributed by atoms with Crippen LogP contribution in [0.25, 0.3) is 0 Å². The maximum Gasteiger partial charge on any atom is -0.00257 e. The van der Waals surface area contributed by atoms with Crippen LogP contribution in [0.4, 0.5) is 0 Å². The molecule has 0 bridgehead atoms. The van der Waals surface area contributed by atoms with Gasteiger partial charge in [-0.2, -0.15) is 0 Å². The first-order valence-electron chi connectivity index (χ1n) is 6.64. The van der Waals surface area contributed by atoms with Crippen molar-refractivity contribution in [3.8, 4) is 0 Å². The van der Waals surface area contributed by atoms with E-state index >= 15 is 0 Å². The Labute approximate surface area is 106 Å². The lowest BCUT2D eigenvalue weighted by atomic mass is 9.85. The van der Waals surface area contributed by atoms with E-state index < -0.39 is 0 Å².